The van der Waals surface area contributed by atoms with Gasteiger partial charge < -0.3 is 9.64 Å². The molecule has 138 valence electrons. The molecule has 0 fully saturated rings. The molecule has 0 unspecified atom stereocenters. The van der Waals surface area contributed by atoms with E-state index >= 15 is 0 Å². The SMILES string of the molecule is CCc1ccccc1Oc1ccc(C2=CC=CN3CCS(=O)(=O)N=C23)cc1. The van der Waals surface area contributed by atoms with Crippen molar-refractivity contribution in [3.63, 3.8) is 0 Å². The third kappa shape index (κ3) is 3.66. The maximum atomic E-state index is 11.9. The van der Waals surface area contributed by atoms with Crippen LogP contribution in [0.15, 0.2) is 71.3 Å². The Morgan fingerprint density at radius 1 is 1.11 bits per heavy atom. The van der Waals surface area contributed by atoms with Gasteiger partial charge in [-0.3, -0.25) is 0 Å². The van der Waals surface area contributed by atoms with Crippen molar-refractivity contribution < 1.29 is 13.2 Å². The number of allylic oxidation sites excluding steroid dienone is 2. The molecule has 0 saturated heterocycles. The lowest BCUT2D eigenvalue weighted by Gasteiger charge is -2.29. The highest BCUT2D eigenvalue weighted by atomic mass is 32.2. The van der Waals surface area contributed by atoms with Crippen molar-refractivity contribution in [2.24, 2.45) is 4.40 Å². The van der Waals surface area contributed by atoms with Crippen molar-refractivity contribution in [2.45, 2.75) is 13.3 Å². The number of amidine groups is 1. The molecule has 0 bridgehead atoms. The Labute approximate surface area is 159 Å². The van der Waals surface area contributed by atoms with Crippen LogP contribution in [-0.4, -0.2) is 31.5 Å². The van der Waals surface area contributed by atoms with E-state index in [0.29, 0.717) is 12.4 Å². The first-order valence-electron chi connectivity index (χ1n) is 8.90. The fourth-order valence-electron chi connectivity index (χ4n) is 3.17. The van der Waals surface area contributed by atoms with Gasteiger partial charge in [0.05, 0.1) is 5.75 Å². The minimum atomic E-state index is -3.40. The van der Waals surface area contributed by atoms with Gasteiger partial charge in [0, 0.05) is 18.3 Å². The fourth-order valence-corrected chi connectivity index (χ4v) is 4.15. The van der Waals surface area contributed by atoms with Gasteiger partial charge in [0.2, 0.25) is 0 Å². The van der Waals surface area contributed by atoms with E-state index in [0.717, 1.165) is 34.6 Å². The number of fused-ring (bicyclic) bond motifs is 1. The number of hydrogen-bond acceptors (Lipinski definition) is 4. The average molecular weight is 380 g/mol. The Morgan fingerprint density at radius 3 is 2.67 bits per heavy atom. The van der Waals surface area contributed by atoms with Crippen molar-refractivity contribution in [1.29, 1.82) is 0 Å². The molecule has 0 N–H and O–H groups in total. The number of benzene rings is 2. The van der Waals surface area contributed by atoms with Crippen LogP contribution in [0.25, 0.3) is 5.57 Å². The Kier molecular flexibility index (Phi) is 4.58. The van der Waals surface area contributed by atoms with Crippen molar-refractivity contribution in [3.8, 4) is 11.5 Å². The van der Waals surface area contributed by atoms with Crippen molar-refractivity contribution in [3.05, 3.63) is 78.0 Å². The number of aryl methyl sites for hydroxylation is 1. The Morgan fingerprint density at radius 2 is 1.89 bits per heavy atom. The van der Waals surface area contributed by atoms with Gasteiger partial charge >= 0.3 is 0 Å². The van der Waals surface area contributed by atoms with Gasteiger partial charge in [-0.25, -0.2) is 8.42 Å². The van der Waals surface area contributed by atoms with Gasteiger partial charge in [0.25, 0.3) is 10.0 Å². The van der Waals surface area contributed by atoms with Crippen molar-refractivity contribution in [2.75, 3.05) is 12.3 Å². The van der Waals surface area contributed by atoms with Crippen LogP contribution in [0.3, 0.4) is 0 Å². The molecule has 2 aliphatic rings. The van der Waals surface area contributed by atoms with Gasteiger partial charge in [0.1, 0.15) is 11.5 Å². The van der Waals surface area contributed by atoms with E-state index in [2.05, 4.69) is 17.4 Å². The molecule has 4 rings (SSSR count). The Hall–Kier alpha value is -2.86. The number of sulfonamides is 1. The molecule has 0 spiro atoms. The molecule has 0 aromatic heterocycles. The number of para-hydroxylation sites is 1. The number of nitrogens with zero attached hydrogens (tertiary/aromatic N) is 2. The van der Waals surface area contributed by atoms with E-state index in [1.807, 2.05) is 65.7 Å². The third-order valence-corrected chi connectivity index (χ3v) is 5.75. The summed E-state index contributed by atoms with van der Waals surface area (Å²) in [5.41, 5.74) is 2.84. The summed E-state index contributed by atoms with van der Waals surface area (Å²) in [6, 6.07) is 15.6. The molecular formula is C21H20N2O3S. The van der Waals surface area contributed by atoms with E-state index in [1.54, 1.807) is 0 Å². The van der Waals surface area contributed by atoms with Crippen LogP contribution >= 0.6 is 0 Å². The molecule has 27 heavy (non-hydrogen) atoms. The van der Waals surface area contributed by atoms with E-state index in [1.165, 1.54) is 0 Å². The molecule has 2 aromatic rings. The molecule has 6 heteroatoms. The van der Waals surface area contributed by atoms with Crippen molar-refractivity contribution in [1.82, 2.24) is 4.90 Å². The van der Waals surface area contributed by atoms with Crippen LogP contribution in [-0.2, 0) is 16.4 Å². The maximum absolute atomic E-state index is 11.9. The quantitative estimate of drug-likeness (QED) is 0.805. The van der Waals surface area contributed by atoms with Crippen LogP contribution in [0.2, 0.25) is 0 Å². The fraction of sp³-hybridized carbons (Fsp3) is 0.190. The first-order chi connectivity index (χ1) is 13.1. The number of hydrogen-bond donors (Lipinski definition) is 0. The first kappa shape index (κ1) is 17.5. The second kappa shape index (κ2) is 7.04. The van der Waals surface area contributed by atoms with Gasteiger partial charge in [-0.2, -0.15) is 0 Å². The maximum Gasteiger partial charge on any atom is 0.256 e. The minimum Gasteiger partial charge on any atom is -0.457 e. The highest BCUT2D eigenvalue weighted by Crippen LogP contribution is 2.29. The predicted octanol–water partition coefficient (Wildman–Crippen LogP) is 4.00. The lowest BCUT2D eigenvalue weighted by Crippen LogP contribution is -2.37. The topological polar surface area (TPSA) is 59.0 Å². The Balaban J connectivity index is 1.61. The summed E-state index contributed by atoms with van der Waals surface area (Å²) in [5.74, 6) is 2.11. The zero-order chi connectivity index (χ0) is 18.9. The van der Waals surface area contributed by atoms with Crippen LogP contribution in [0.5, 0.6) is 11.5 Å². The van der Waals surface area contributed by atoms with Crippen LogP contribution in [0, 0.1) is 0 Å². The normalized spacial score (nSPS) is 17.7. The second-order valence-electron chi connectivity index (χ2n) is 6.40. The van der Waals surface area contributed by atoms with Crippen LogP contribution in [0.4, 0.5) is 0 Å². The molecule has 2 heterocycles. The summed E-state index contributed by atoms with van der Waals surface area (Å²) < 4.78 is 33.8. The number of ether oxygens (including phenoxy) is 1. The van der Waals surface area contributed by atoms with Crippen LogP contribution < -0.4 is 4.74 Å². The summed E-state index contributed by atoms with van der Waals surface area (Å²) in [6.45, 7) is 2.52. The average Bonchev–Trinajstić information content (AvgIpc) is 2.68. The summed E-state index contributed by atoms with van der Waals surface area (Å²) in [6.07, 6.45) is 6.56. The molecule has 0 saturated carbocycles. The summed E-state index contributed by atoms with van der Waals surface area (Å²) in [5, 5.41) is 0. The van der Waals surface area contributed by atoms with Gasteiger partial charge in [0.15, 0.2) is 5.84 Å². The predicted molar refractivity (Wildman–Crippen MR) is 107 cm³/mol. The minimum absolute atomic E-state index is 0.0394. The van der Waals surface area contributed by atoms with Gasteiger partial charge in [-0.1, -0.05) is 37.3 Å². The molecule has 2 aliphatic heterocycles. The van der Waals surface area contributed by atoms with Crippen molar-refractivity contribution >= 4 is 21.4 Å². The highest BCUT2D eigenvalue weighted by Gasteiger charge is 2.27. The first-order valence-corrected chi connectivity index (χ1v) is 10.5. The highest BCUT2D eigenvalue weighted by molar-refractivity contribution is 7.90. The van der Waals surface area contributed by atoms with E-state index in [4.69, 9.17) is 4.74 Å². The molecule has 0 aliphatic carbocycles. The van der Waals surface area contributed by atoms with Crippen LogP contribution in [0.1, 0.15) is 18.1 Å². The standard InChI is InChI=1S/C21H20N2O3S/c1-2-16-6-3-4-8-20(16)26-18-11-9-17(10-12-18)19-7-5-13-23-14-15-27(24,25)22-21(19)23/h3-13H,2,14-15H2,1H3. The lowest BCUT2D eigenvalue weighted by molar-refractivity contribution is 0.477. The van der Waals surface area contributed by atoms with Gasteiger partial charge in [-0.15, -0.1) is 4.40 Å². The van der Waals surface area contributed by atoms with E-state index in [9.17, 15) is 8.42 Å². The second-order valence-corrected chi connectivity index (χ2v) is 8.16. The molecule has 0 radical (unpaired) electrons. The Bertz CT molecular complexity index is 1050. The summed E-state index contributed by atoms with van der Waals surface area (Å²) in [4.78, 5) is 1.87. The lowest BCUT2D eigenvalue weighted by atomic mass is 10.0. The largest absolute Gasteiger partial charge is 0.457 e. The monoisotopic (exact) mass is 380 g/mol. The van der Waals surface area contributed by atoms with Gasteiger partial charge in [-0.05, 0) is 47.9 Å². The third-order valence-electron chi connectivity index (χ3n) is 4.60. The molecule has 0 atom stereocenters. The molecule has 0 amide bonds. The molecular weight excluding hydrogens is 360 g/mol. The number of rotatable bonds is 4. The summed E-state index contributed by atoms with van der Waals surface area (Å²) >= 11 is 0. The van der Waals surface area contributed by atoms with E-state index < -0.39 is 10.0 Å². The zero-order valence-corrected chi connectivity index (χ0v) is 15.8. The summed E-state index contributed by atoms with van der Waals surface area (Å²) in [7, 11) is -3.40. The van der Waals surface area contributed by atoms with E-state index in [-0.39, 0.29) is 5.75 Å². The zero-order valence-electron chi connectivity index (χ0n) is 15.0. The molecule has 2 aromatic carbocycles. The molecule has 5 nitrogen and oxygen atoms in total. The smallest absolute Gasteiger partial charge is 0.256 e.